The Bertz CT molecular complexity index is 399. The maximum atomic E-state index is 12.2. The highest BCUT2D eigenvalue weighted by atomic mass is 32.1. The van der Waals surface area contributed by atoms with Crippen LogP contribution >= 0.6 is 11.3 Å². The Morgan fingerprint density at radius 3 is 2.83 bits per heavy atom. The van der Waals surface area contributed by atoms with Gasteiger partial charge in [0.25, 0.3) is 0 Å². The zero-order valence-electron chi connectivity index (χ0n) is 10.7. The summed E-state index contributed by atoms with van der Waals surface area (Å²) in [7, 11) is 0. The molecule has 2 aliphatic rings. The molecular weight excluding hydrogens is 244 g/mol. The number of rotatable bonds is 2. The van der Waals surface area contributed by atoms with Gasteiger partial charge in [0.15, 0.2) is 0 Å². The summed E-state index contributed by atoms with van der Waals surface area (Å²) in [6.07, 6.45) is 4.23. The van der Waals surface area contributed by atoms with Crippen molar-refractivity contribution in [1.82, 2.24) is 10.2 Å². The lowest BCUT2D eigenvalue weighted by Gasteiger charge is -2.38. The molecule has 3 nitrogen and oxygen atoms in total. The van der Waals surface area contributed by atoms with Crippen LogP contribution in [0.4, 0.5) is 0 Å². The second kappa shape index (κ2) is 5.02. The number of amides is 1. The van der Waals surface area contributed by atoms with Gasteiger partial charge >= 0.3 is 0 Å². The molecule has 0 unspecified atom stereocenters. The quantitative estimate of drug-likeness (QED) is 0.885. The standard InChI is InChI=1S/C14H20N2OS/c17-13(10-12-2-1-9-18-12)16-7-4-14(5-8-16)3-6-15-11-14/h1-2,9,15H,3-8,10-11H2. The summed E-state index contributed by atoms with van der Waals surface area (Å²) in [4.78, 5) is 15.4. The molecule has 98 valence electrons. The Labute approximate surface area is 112 Å². The molecule has 1 aromatic rings. The monoisotopic (exact) mass is 264 g/mol. The number of piperidine rings is 1. The number of carbonyl (C=O) groups excluding carboxylic acids is 1. The van der Waals surface area contributed by atoms with Crippen molar-refractivity contribution in [3.05, 3.63) is 22.4 Å². The fourth-order valence-corrected chi connectivity index (χ4v) is 3.82. The van der Waals surface area contributed by atoms with Crippen LogP contribution in [0.25, 0.3) is 0 Å². The van der Waals surface area contributed by atoms with Crippen molar-refractivity contribution in [2.75, 3.05) is 26.2 Å². The highest BCUT2D eigenvalue weighted by Gasteiger charge is 2.37. The van der Waals surface area contributed by atoms with Gasteiger partial charge in [-0.1, -0.05) is 6.07 Å². The van der Waals surface area contributed by atoms with Crippen molar-refractivity contribution in [2.45, 2.75) is 25.7 Å². The summed E-state index contributed by atoms with van der Waals surface area (Å²) >= 11 is 1.68. The van der Waals surface area contributed by atoms with E-state index in [1.165, 1.54) is 24.1 Å². The second-order valence-corrected chi connectivity index (χ2v) is 6.60. The van der Waals surface area contributed by atoms with Crippen molar-refractivity contribution in [1.29, 1.82) is 0 Å². The van der Waals surface area contributed by atoms with E-state index in [-0.39, 0.29) is 0 Å². The van der Waals surface area contributed by atoms with Crippen LogP contribution in [-0.2, 0) is 11.2 Å². The van der Waals surface area contributed by atoms with Crippen LogP contribution in [0.1, 0.15) is 24.1 Å². The van der Waals surface area contributed by atoms with Crippen LogP contribution in [0.15, 0.2) is 17.5 Å². The third kappa shape index (κ3) is 2.45. The molecule has 1 N–H and O–H groups in total. The fourth-order valence-electron chi connectivity index (χ4n) is 3.13. The SMILES string of the molecule is O=C(Cc1cccs1)N1CCC2(CCNC2)CC1. The van der Waals surface area contributed by atoms with Gasteiger partial charge in [-0.3, -0.25) is 4.79 Å². The minimum atomic E-state index is 0.304. The Morgan fingerprint density at radius 1 is 1.39 bits per heavy atom. The first kappa shape index (κ1) is 12.2. The average molecular weight is 264 g/mol. The normalized spacial score (nSPS) is 22.6. The third-order valence-electron chi connectivity index (χ3n) is 4.41. The largest absolute Gasteiger partial charge is 0.342 e. The second-order valence-electron chi connectivity index (χ2n) is 5.56. The van der Waals surface area contributed by atoms with Crippen molar-refractivity contribution >= 4 is 17.2 Å². The summed E-state index contributed by atoms with van der Waals surface area (Å²) in [5, 5.41) is 5.50. The lowest BCUT2D eigenvalue weighted by Crippen LogP contribution is -2.44. The van der Waals surface area contributed by atoms with Gasteiger partial charge in [-0.05, 0) is 42.7 Å². The summed E-state index contributed by atoms with van der Waals surface area (Å²) in [5.74, 6) is 0.304. The first-order valence-corrected chi connectivity index (χ1v) is 7.66. The lowest BCUT2D eigenvalue weighted by atomic mass is 9.78. The molecule has 3 rings (SSSR count). The third-order valence-corrected chi connectivity index (χ3v) is 5.29. The van der Waals surface area contributed by atoms with E-state index >= 15 is 0 Å². The molecule has 1 amide bonds. The van der Waals surface area contributed by atoms with E-state index in [1.807, 2.05) is 11.4 Å². The van der Waals surface area contributed by atoms with E-state index in [2.05, 4.69) is 16.3 Å². The number of hydrogen-bond donors (Lipinski definition) is 1. The summed E-state index contributed by atoms with van der Waals surface area (Å²) in [6, 6.07) is 4.07. The van der Waals surface area contributed by atoms with Crippen molar-refractivity contribution < 1.29 is 4.79 Å². The van der Waals surface area contributed by atoms with Crippen molar-refractivity contribution in [3.63, 3.8) is 0 Å². The van der Waals surface area contributed by atoms with Gasteiger partial charge in [-0.25, -0.2) is 0 Å². The van der Waals surface area contributed by atoms with Crippen LogP contribution in [0, 0.1) is 5.41 Å². The molecule has 2 aliphatic heterocycles. The van der Waals surface area contributed by atoms with Gasteiger partial charge in [0, 0.05) is 24.5 Å². The number of thiophene rings is 1. The maximum Gasteiger partial charge on any atom is 0.227 e. The molecular formula is C14H20N2OS. The Morgan fingerprint density at radius 2 is 2.22 bits per heavy atom. The number of hydrogen-bond acceptors (Lipinski definition) is 3. The molecule has 0 aromatic carbocycles. The molecule has 0 atom stereocenters. The predicted molar refractivity (Wildman–Crippen MR) is 73.8 cm³/mol. The minimum absolute atomic E-state index is 0.304. The van der Waals surface area contributed by atoms with Crippen LogP contribution in [0.5, 0.6) is 0 Å². The van der Waals surface area contributed by atoms with E-state index in [9.17, 15) is 4.79 Å². The van der Waals surface area contributed by atoms with E-state index in [0.717, 1.165) is 26.2 Å². The summed E-state index contributed by atoms with van der Waals surface area (Å²) in [5.41, 5.74) is 0.500. The topological polar surface area (TPSA) is 32.3 Å². The molecule has 0 aliphatic carbocycles. The number of likely N-dealkylation sites (tertiary alicyclic amines) is 1. The van der Waals surface area contributed by atoms with Gasteiger partial charge in [-0.15, -0.1) is 11.3 Å². The highest BCUT2D eigenvalue weighted by molar-refractivity contribution is 7.10. The van der Waals surface area contributed by atoms with Gasteiger partial charge in [0.1, 0.15) is 0 Å². The summed E-state index contributed by atoms with van der Waals surface area (Å²) < 4.78 is 0. The molecule has 1 aromatic heterocycles. The van der Waals surface area contributed by atoms with E-state index in [0.29, 0.717) is 17.7 Å². The lowest BCUT2D eigenvalue weighted by molar-refractivity contribution is -0.132. The van der Waals surface area contributed by atoms with Crippen LogP contribution in [0.2, 0.25) is 0 Å². The van der Waals surface area contributed by atoms with Crippen LogP contribution in [-0.4, -0.2) is 37.0 Å². The highest BCUT2D eigenvalue weighted by Crippen LogP contribution is 2.37. The predicted octanol–water partition coefficient (Wildman–Crippen LogP) is 1.89. The Kier molecular flexibility index (Phi) is 3.39. The molecule has 1 spiro atoms. The Balaban J connectivity index is 1.54. The molecule has 0 bridgehead atoms. The maximum absolute atomic E-state index is 12.2. The van der Waals surface area contributed by atoms with Gasteiger partial charge in [0.05, 0.1) is 6.42 Å². The fraction of sp³-hybridized carbons (Fsp3) is 0.643. The van der Waals surface area contributed by atoms with Gasteiger partial charge in [0.2, 0.25) is 5.91 Å². The summed E-state index contributed by atoms with van der Waals surface area (Å²) in [6.45, 7) is 4.21. The van der Waals surface area contributed by atoms with Gasteiger partial charge < -0.3 is 10.2 Å². The van der Waals surface area contributed by atoms with E-state index < -0.39 is 0 Å². The van der Waals surface area contributed by atoms with Crippen molar-refractivity contribution in [3.8, 4) is 0 Å². The first-order valence-electron chi connectivity index (χ1n) is 6.78. The molecule has 0 radical (unpaired) electrons. The number of carbonyl (C=O) groups is 1. The Hall–Kier alpha value is -0.870. The van der Waals surface area contributed by atoms with Crippen molar-refractivity contribution in [2.24, 2.45) is 5.41 Å². The van der Waals surface area contributed by atoms with Crippen LogP contribution < -0.4 is 5.32 Å². The van der Waals surface area contributed by atoms with E-state index in [4.69, 9.17) is 0 Å². The number of nitrogens with one attached hydrogen (secondary N) is 1. The molecule has 3 heterocycles. The average Bonchev–Trinajstić information content (AvgIpc) is 3.03. The number of nitrogens with zero attached hydrogens (tertiary/aromatic N) is 1. The molecule has 4 heteroatoms. The molecule has 0 saturated carbocycles. The molecule has 2 fully saturated rings. The van der Waals surface area contributed by atoms with Gasteiger partial charge in [-0.2, -0.15) is 0 Å². The zero-order valence-corrected chi connectivity index (χ0v) is 11.5. The molecule has 2 saturated heterocycles. The molecule has 18 heavy (non-hydrogen) atoms. The smallest absolute Gasteiger partial charge is 0.227 e. The van der Waals surface area contributed by atoms with E-state index in [1.54, 1.807) is 11.3 Å². The van der Waals surface area contributed by atoms with Crippen LogP contribution in [0.3, 0.4) is 0 Å². The zero-order chi connectivity index (χ0) is 12.4. The minimum Gasteiger partial charge on any atom is -0.342 e. The first-order chi connectivity index (χ1) is 8.77.